The molecule has 1 amide bonds. The van der Waals surface area contributed by atoms with Crippen LogP contribution in [0.1, 0.15) is 21.6 Å². The summed E-state index contributed by atoms with van der Waals surface area (Å²) in [5.74, 6) is -0.276. The number of halogens is 1. The van der Waals surface area contributed by atoms with Gasteiger partial charge in [-0.1, -0.05) is 72.3 Å². The molecule has 4 rings (SSSR count). The van der Waals surface area contributed by atoms with Crippen LogP contribution in [0.25, 0.3) is 11.3 Å². The van der Waals surface area contributed by atoms with Gasteiger partial charge in [0.2, 0.25) is 0 Å². The van der Waals surface area contributed by atoms with Crippen LogP contribution in [0, 0.1) is 0 Å². The molecule has 6 heteroatoms. The predicted octanol–water partition coefficient (Wildman–Crippen LogP) is 4.58. The van der Waals surface area contributed by atoms with E-state index in [-0.39, 0.29) is 11.6 Å². The fourth-order valence-electron chi connectivity index (χ4n) is 3.08. The van der Waals surface area contributed by atoms with Crippen molar-refractivity contribution in [3.63, 3.8) is 0 Å². The van der Waals surface area contributed by atoms with Crippen LogP contribution < -0.4 is 5.32 Å². The van der Waals surface area contributed by atoms with Crippen molar-refractivity contribution in [1.29, 1.82) is 0 Å². The first-order valence-electron chi connectivity index (χ1n) is 9.24. The third-order valence-corrected chi connectivity index (χ3v) is 4.70. The number of rotatable bonds is 6. The van der Waals surface area contributed by atoms with Crippen molar-refractivity contribution in [2.24, 2.45) is 0 Å². The molecule has 0 aliphatic heterocycles. The summed E-state index contributed by atoms with van der Waals surface area (Å²) in [5, 5.41) is 8.16. The Kier molecular flexibility index (Phi) is 5.68. The van der Waals surface area contributed by atoms with Gasteiger partial charge in [0, 0.05) is 35.1 Å². The molecule has 5 nitrogen and oxygen atoms in total. The molecule has 1 N–H and O–H groups in total. The summed E-state index contributed by atoms with van der Waals surface area (Å²) >= 11 is 5.96. The highest BCUT2D eigenvalue weighted by atomic mass is 35.5. The molecule has 0 spiro atoms. The number of carbonyl (C=O) groups excluding carboxylic acids is 1. The maximum atomic E-state index is 12.5. The molecule has 0 aliphatic carbocycles. The van der Waals surface area contributed by atoms with Crippen LogP contribution in [-0.2, 0) is 13.1 Å². The van der Waals surface area contributed by atoms with Gasteiger partial charge in [0.15, 0.2) is 0 Å². The largest absolute Gasteiger partial charge is 0.346 e. The molecule has 0 fully saturated rings. The Labute approximate surface area is 174 Å². The minimum atomic E-state index is -0.276. The molecular formula is C23H19ClN4O. The Morgan fingerprint density at radius 3 is 2.45 bits per heavy atom. The van der Waals surface area contributed by atoms with Crippen molar-refractivity contribution < 1.29 is 4.79 Å². The van der Waals surface area contributed by atoms with Crippen molar-refractivity contribution in [1.82, 2.24) is 20.1 Å². The molecule has 4 aromatic rings. The van der Waals surface area contributed by atoms with Crippen molar-refractivity contribution in [3.8, 4) is 11.3 Å². The maximum Gasteiger partial charge on any atom is 0.270 e. The molecule has 0 bridgehead atoms. The van der Waals surface area contributed by atoms with Gasteiger partial charge in [-0.15, -0.1) is 0 Å². The number of benzene rings is 2. The number of hydrogen-bond acceptors (Lipinski definition) is 3. The Hall–Kier alpha value is -3.44. The second-order valence-corrected chi connectivity index (χ2v) is 7.03. The normalized spacial score (nSPS) is 10.7. The third kappa shape index (κ3) is 4.70. The zero-order valence-corrected chi connectivity index (χ0v) is 16.4. The minimum Gasteiger partial charge on any atom is -0.346 e. The predicted molar refractivity (Wildman–Crippen MR) is 114 cm³/mol. The smallest absolute Gasteiger partial charge is 0.270 e. The monoisotopic (exact) mass is 402 g/mol. The summed E-state index contributed by atoms with van der Waals surface area (Å²) in [6.45, 7) is 0.997. The lowest BCUT2D eigenvalue weighted by Crippen LogP contribution is -2.23. The molecule has 2 aromatic carbocycles. The summed E-state index contributed by atoms with van der Waals surface area (Å²) < 4.78 is 1.90. The summed E-state index contributed by atoms with van der Waals surface area (Å²) in [7, 11) is 0. The summed E-state index contributed by atoms with van der Waals surface area (Å²) in [4.78, 5) is 16.5. The van der Waals surface area contributed by atoms with E-state index in [0.29, 0.717) is 18.1 Å². The fraction of sp³-hybridized carbons (Fsp3) is 0.0870. The molecule has 0 saturated carbocycles. The third-order valence-electron chi connectivity index (χ3n) is 4.47. The number of aromatic nitrogens is 3. The van der Waals surface area contributed by atoms with E-state index in [0.717, 1.165) is 22.4 Å². The van der Waals surface area contributed by atoms with Crippen molar-refractivity contribution in [3.05, 3.63) is 107 Å². The van der Waals surface area contributed by atoms with E-state index in [1.807, 2.05) is 59.4 Å². The summed E-state index contributed by atoms with van der Waals surface area (Å²) in [5.41, 5.74) is 4.23. The number of nitrogens with zero attached hydrogens (tertiary/aromatic N) is 3. The molecule has 0 atom stereocenters. The molecule has 0 saturated heterocycles. The van der Waals surface area contributed by atoms with Crippen molar-refractivity contribution in [2.75, 3.05) is 0 Å². The van der Waals surface area contributed by atoms with Gasteiger partial charge in [0.05, 0.1) is 12.2 Å². The first-order chi connectivity index (χ1) is 14.2. The first kappa shape index (κ1) is 18.9. The lowest BCUT2D eigenvalue weighted by atomic mass is 10.1. The molecule has 0 unspecified atom stereocenters. The number of amides is 1. The van der Waals surface area contributed by atoms with E-state index in [4.69, 9.17) is 16.7 Å². The number of nitrogens with one attached hydrogen (secondary N) is 1. The Bertz CT molecular complexity index is 1110. The van der Waals surface area contributed by atoms with Crippen LogP contribution in [0.4, 0.5) is 0 Å². The van der Waals surface area contributed by atoms with Crippen LogP contribution in [0.5, 0.6) is 0 Å². The van der Waals surface area contributed by atoms with Crippen LogP contribution in [0.3, 0.4) is 0 Å². The van der Waals surface area contributed by atoms with Gasteiger partial charge < -0.3 is 5.32 Å². The second-order valence-electron chi connectivity index (χ2n) is 6.59. The maximum absolute atomic E-state index is 12.5. The lowest BCUT2D eigenvalue weighted by Gasteiger charge is -2.05. The van der Waals surface area contributed by atoms with E-state index < -0.39 is 0 Å². The fourth-order valence-corrected chi connectivity index (χ4v) is 3.24. The Morgan fingerprint density at radius 1 is 1.00 bits per heavy atom. The van der Waals surface area contributed by atoms with E-state index in [9.17, 15) is 4.79 Å². The van der Waals surface area contributed by atoms with Gasteiger partial charge in [0.25, 0.3) is 5.91 Å². The van der Waals surface area contributed by atoms with Crippen molar-refractivity contribution in [2.45, 2.75) is 13.1 Å². The van der Waals surface area contributed by atoms with Gasteiger partial charge in [-0.3, -0.25) is 14.5 Å². The summed E-state index contributed by atoms with van der Waals surface area (Å²) in [6.07, 6.45) is 3.49. The highest BCUT2D eigenvalue weighted by Crippen LogP contribution is 2.22. The average Bonchev–Trinajstić information content (AvgIpc) is 3.16. The number of hydrogen-bond donors (Lipinski definition) is 1. The van der Waals surface area contributed by atoms with Gasteiger partial charge in [-0.2, -0.15) is 5.10 Å². The number of carbonyl (C=O) groups is 1. The van der Waals surface area contributed by atoms with E-state index in [2.05, 4.69) is 22.4 Å². The number of pyridine rings is 1. The van der Waals surface area contributed by atoms with E-state index >= 15 is 0 Å². The molecule has 144 valence electrons. The van der Waals surface area contributed by atoms with Crippen LogP contribution in [-0.4, -0.2) is 20.7 Å². The molecule has 29 heavy (non-hydrogen) atoms. The average molecular weight is 403 g/mol. The molecular weight excluding hydrogens is 384 g/mol. The zero-order valence-electron chi connectivity index (χ0n) is 15.6. The Balaban J connectivity index is 1.58. The highest BCUT2D eigenvalue weighted by Gasteiger charge is 2.14. The standard InChI is InChI=1S/C23H19ClN4O/c24-20-11-12-25-21(13-20)23(29)26-14-19-16-28(15-17-7-3-1-4-8-17)27-22(19)18-9-5-2-6-10-18/h1-13,16H,14-15H2,(H,26,29). The van der Waals surface area contributed by atoms with Crippen LogP contribution in [0.15, 0.2) is 85.2 Å². The van der Waals surface area contributed by atoms with Gasteiger partial charge in [-0.25, -0.2) is 0 Å². The highest BCUT2D eigenvalue weighted by molar-refractivity contribution is 6.30. The zero-order chi connectivity index (χ0) is 20.1. The van der Waals surface area contributed by atoms with E-state index in [1.54, 1.807) is 12.1 Å². The van der Waals surface area contributed by atoms with Gasteiger partial charge >= 0.3 is 0 Å². The Morgan fingerprint density at radius 2 is 1.72 bits per heavy atom. The van der Waals surface area contributed by atoms with Crippen LogP contribution >= 0.6 is 11.6 Å². The summed E-state index contributed by atoms with van der Waals surface area (Å²) in [6, 6.07) is 23.3. The molecule has 2 aromatic heterocycles. The molecule has 2 heterocycles. The molecule has 0 radical (unpaired) electrons. The lowest BCUT2D eigenvalue weighted by molar-refractivity contribution is 0.0946. The minimum absolute atomic E-state index is 0.276. The quantitative estimate of drug-likeness (QED) is 0.513. The second kappa shape index (κ2) is 8.71. The van der Waals surface area contributed by atoms with E-state index in [1.165, 1.54) is 6.20 Å². The SMILES string of the molecule is O=C(NCc1cn(Cc2ccccc2)nc1-c1ccccc1)c1cc(Cl)ccn1. The van der Waals surface area contributed by atoms with Gasteiger partial charge in [-0.05, 0) is 17.7 Å². The molecule has 0 aliphatic rings. The topological polar surface area (TPSA) is 59.8 Å². The van der Waals surface area contributed by atoms with Crippen molar-refractivity contribution >= 4 is 17.5 Å². The first-order valence-corrected chi connectivity index (χ1v) is 9.62. The van der Waals surface area contributed by atoms with Crippen LogP contribution in [0.2, 0.25) is 5.02 Å². The van der Waals surface area contributed by atoms with Gasteiger partial charge in [0.1, 0.15) is 5.69 Å².